The van der Waals surface area contributed by atoms with Crippen molar-refractivity contribution >= 4 is 43.4 Å². The molecule has 0 spiro atoms. The molecule has 0 unspecified atom stereocenters. The van der Waals surface area contributed by atoms with E-state index in [2.05, 4.69) is 105 Å². The molecule has 4 heteroatoms. The topological polar surface area (TPSA) is 57.4 Å². The van der Waals surface area contributed by atoms with Crippen LogP contribution >= 0.6 is 0 Å². The van der Waals surface area contributed by atoms with Gasteiger partial charge in [0.25, 0.3) is 0 Å². The highest BCUT2D eigenvalue weighted by Gasteiger charge is 2.17. The molecule has 0 aliphatic heterocycles. The molecule has 0 bridgehead atoms. The summed E-state index contributed by atoms with van der Waals surface area (Å²) >= 11 is 0. The Bertz CT molecular complexity index is 2210. The summed E-state index contributed by atoms with van der Waals surface area (Å²) in [6.07, 6.45) is 17.9. The average molecular weight is 597 g/mol. The van der Waals surface area contributed by atoms with Crippen LogP contribution < -0.4 is 0 Å². The number of pyridine rings is 2. The van der Waals surface area contributed by atoms with Gasteiger partial charge in [-0.05, 0) is 96.5 Å². The lowest BCUT2D eigenvalue weighted by Crippen LogP contribution is -1.99. The summed E-state index contributed by atoms with van der Waals surface area (Å²) in [7, 11) is 0. The van der Waals surface area contributed by atoms with Gasteiger partial charge in [0, 0.05) is 79.9 Å². The SMILES string of the molecule is c1ccc2c(-c3ccc4c5c([nH]c4c3)CCCC5)cncc2c1.c1ccc2c(-c3ccc4c5c([nH]c4c3)CCCC5)cncc2c1. The van der Waals surface area contributed by atoms with Crippen molar-refractivity contribution < 1.29 is 0 Å². The van der Waals surface area contributed by atoms with Crippen molar-refractivity contribution in [1.29, 1.82) is 0 Å². The van der Waals surface area contributed by atoms with Crippen LogP contribution in [0.15, 0.2) is 110 Å². The molecule has 4 aromatic heterocycles. The molecule has 0 amide bonds. The van der Waals surface area contributed by atoms with Crippen molar-refractivity contribution in [2.45, 2.75) is 51.4 Å². The number of rotatable bonds is 2. The maximum absolute atomic E-state index is 4.42. The van der Waals surface area contributed by atoms with Crippen molar-refractivity contribution in [3.63, 3.8) is 0 Å². The number of hydrogen-bond donors (Lipinski definition) is 2. The van der Waals surface area contributed by atoms with Gasteiger partial charge >= 0.3 is 0 Å². The molecule has 46 heavy (non-hydrogen) atoms. The van der Waals surface area contributed by atoms with Crippen molar-refractivity contribution in [1.82, 2.24) is 19.9 Å². The zero-order chi connectivity index (χ0) is 30.5. The van der Waals surface area contributed by atoms with Crippen molar-refractivity contribution in [3.05, 3.63) is 132 Å². The number of aromatic nitrogens is 4. The Labute approximate surface area is 268 Å². The number of nitrogens with one attached hydrogen (secondary N) is 2. The number of aryl methyl sites for hydroxylation is 4. The molecular formula is C42H36N4. The fraction of sp³-hybridized carbons (Fsp3) is 0.190. The molecule has 4 heterocycles. The van der Waals surface area contributed by atoms with Crippen molar-refractivity contribution in [3.8, 4) is 22.3 Å². The van der Waals surface area contributed by atoms with Crippen LogP contribution in [0.25, 0.3) is 65.6 Å². The number of benzene rings is 4. The quantitative estimate of drug-likeness (QED) is 0.209. The highest BCUT2D eigenvalue weighted by molar-refractivity contribution is 5.99. The molecule has 4 nitrogen and oxygen atoms in total. The van der Waals surface area contributed by atoms with Crippen LogP contribution in [-0.2, 0) is 25.7 Å². The summed E-state index contributed by atoms with van der Waals surface area (Å²) in [6.45, 7) is 0. The Morgan fingerprint density at radius 1 is 0.435 bits per heavy atom. The van der Waals surface area contributed by atoms with E-state index in [1.54, 1.807) is 0 Å². The number of nitrogens with zero attached hydrogens (tertiary/aromatic N) is 2. The van der Waals surface area contributed by atoms with Crippen LogP contribution in [-0.4, -0.2) is 19.9 Å². The van der Waals surface area contributed by atoms with Gasteiger partial charge in [-0.1, -0.05) is 72.8 Å². The molecule has 8 aromatic rings. The summed E-state index contributed by atoms with van der Waals surface area (Å²) in [4.78, 5) is 16.2. The van der Waals surface area contributed by atoms with Gasteiger partial charge in [-0.3, -0.25) is 9.97 Å². The molecule has 4 aromatic carbocycles. The van der Waals surface area contributed by atoms with Crippen LogP contribution in [0.1, 0.15) is 48.2 Å². The van der Waals surface area contributed by atoms with Crippen LogP contribution in [0, 0.1) is 0 Å². The standard InChI is InChI=1S/2C21H18N2/c2*1-2-6-16-15(5-1)12-22-13-19(16)14-9-10-18-17-7-3-4-8-20(17)23-21(18)11-14/h2*1-2,5-6,9-13,23H,3-4,7-8H2. The first kappa shape index (κ1) is 27.1. The average Bonchev–Trinajstić information content (AvgIpc) is 3.69. The minimum atomic E-state index is 1.19. The predicted octanol–water partition coefficient (Wildman–Crippen LogP) is 10.5. The second kappa shape index (κ2) is 11.3. The molecule has 0 atom stereocenters. The largest absolute Gasteiger partial charge is 0.358 e. The Hall–Kier alpha value is -5.22. The predicted molar refractivity (Wildman–Crippen MR) is 191 cm³/mol. The highest BCUT2D eigenvalue weighted by atomic mass is 14.7. The van der Waals surface area contributed by atoms with Crippen molar-refractivity contribution in [2.24, 2.45) is 0 Å². The maximum atomic E-state index is 4.42. The lowest BCUT2D eigenvalue weighted by atomic mass is 9.94. The number of hydrogen-bond acceptors (Lipinski definition) is 2. The van der Waals surface area contributed by atoms with E-state index in [0.29, 0.717) is 0 Å². The van der Waals surface area contributed by atoms with E-state index in [4.69, 9.17) is 0 Å². The second-order valence-corrected chi connectivity index (χ2v) is 12.9. The second-order valence-electron chi connectivity index (χ2n) is 12.9. The molecule has 2 aliphatic rings. The highest BCUT2D eigenvalue weighted by Crippen LogP contribution is 2.35. The first-order valence-corrected chi connectivity index (χ1v) is 16.7. The van der Waals surface area contributed by atoms with E-state index >= 15 is 0 Å². The number of H-pyrrole nitrogens is 2. The molecule has 0 radical (unpaired) electrons. The van der Waals surface area contributed by atoms with Gasteiger partial charge in [-0.25, -0.2) is 0 Å². The maximum Gasteiger partial charge on any atom is 0.0465 e. The van der Waals surface area contributed by atoms with Gasteiger partial charge in [-0.15, -0.1) is 0 Å². The summed E-state index contributed by atoms with van der Waals surface area (Å²) in [5, 5.41) is 7.70. The Kier molecular flexibility index (Phi) is 6.66. The third-order valence-corrected chi connectivity index (χ3v) is 10.2. The molecular weight excluding hydrogens is 560 g/mol. The first-order chi connectivity index (χ1) is 22.8. The van der Waals surface area contributed by atoms with Gasteiger partial charge < -0.3 is 9.97 Å². The monoisotopic (exact) mass is 596 g/mol. The zero-order valence-corrected chi connectivity index (χ0v) is 25.9. The van der Waals surface area contributed by atoms with Gasteiger partial charge in [0.1, 0.15) is 0 Å². The van der Waals surface area contributed by atoms with E-state index in [-0.39, 0.29) is 0 Å². The molecule has 2 N–H and O–H groups in total. The van der Waals surface area contributed by atoms with Crippen LogP contribution in [0.3, 0.4) is 0 Å². The normalized spacial score (nSPS) is 14.3. The summed E-state index contributed by atoms with van der Waals surface area (Å²) in [6, 6.07) is 30.6. The van der Waals surface area contributed by atoms with E-state index < -0.39 is 0 Å². The van der Waals surface area contributed by atoms with E-state index in [1.165, 1.54) is 139 Å². The molecule has 0 fully saturated rings. The first-order valence-electron chi connectivity index (χ1n) is 16.7. The molecule has 224 valence electrons. The molecule has 0 saturated carbocycles. The fourth-order valence-corrected chi connectivity index (χ4v) is 7.86. The van der Waals surface area contributed by atoms with Crippen molar-refractivity contribution in [2.75, 3.05) is 0 Å². The van der Waals surface area contributed by atoms with Crippen LogP contribution in [0.2, 0.25) is 0 Å². The minimum absolute atomic E-state index is 1.19. The minimum Gasteiger partial charge on any atom is -0.358 e. The van der Waals surface area contributed by atoms with Gasteiger partial charge in [0.15, 0.2) is 0 Å². The van der Waals surface area contributed by atoms with Crippen LogP contribution in [0.4, 0.5) is 0 Å². The molecule has 0 saturated heterocycles. The zero-order valence-electron chi connectivity index (χ0n) is 25.9. The third-order valence-electron chi connectivity index (χ3n) is 10.2. The third kappa shape index (κ3) is 4.68. The summed E-state index contributed by atoms with van der Waals surface area (Å²) in [5.74, 6) is 0. The van der Waals surface area contributed by atoms with Gasteiger partial charge in [-0.2, -0.15) is 0 Å². The van der Waals surface area contributed by atoms with E-state index in [1.807, 2.05) is 24.8 Å². The Morgan fingerprint density at radius 3 is 1.39 bits per heavy atom. The lowest BCUT2D eigenvalue weighted by molar-refractivity contribution is 0.680. The fourth-order valence-electron chi connectivity index (χ4n) is 7.86. The summed E-state index contributed by atoms with van der Waals surface area (Å²) in [5.41, 5.74) is 13.4. The van der Waals surface area contributed by atoms with Gasteiger partial charge in [0.05, 0.1) is 0 Å². The van der Waals surface area contributed by atoms with Gasteiger partial charge in [0.2, 0.25) is 0 Å². The lowest BCUT2D eigenvalue weighted by Gasteiger charge is -2.10. The number of fused-ring (bicyclic) bond motifs is 8. The van der Waals surface area contributed by atoms with E-state index in [0.717, 1.165) is 0 Å². The smallest absolute Gasteiger partial charge is 0.0465 e. The van der Waals surface area contributed by atoms with E-state index in [9.17, 15) is 0 Å². The molecule has 2 aliphatic carbocycles. The number of aromatic amines is 2. The van der Waals surface area contributed by atoms with Crippen LogP contribution in [0.5, 0.6) is 0 Å². The summed E-state index contributed by atoms with van der Waals surface area (Å²) < 4.78 is 0. The molecule has 10 rings (SSSR count). The Morgan fingerprint density at radius 2 is 0.891 bits per heavy atom. The Balaban J connectivity index is 0.000000127.